The molecule has 1 aliphatic rings. The molecule has 0 radical (unpaired) electrons. The van der Waals surface area contributed by atoms with Gasteiger partial charge >= 0.3 is 0 Å². The molecule has 8 nitrogen and oxygen atoms in total. The van der Waals surface area contributed by atoms with Crippen molar-refractivity contribution < 1.29 is 14.4 Å². The van der Waals surface area contributed by atoms with Gasteiger partial charge in [0.1, 0.15) is 12.4 Å². The molecule has 1 aromatic rings. The lowest BCUT2D eigenvalue weighted by atomic mass is 10.1. The first-order chi connectivity index (χ1) is 10.9. The number of imidazole rings is 1. The molecule has 0 aliphatic carbocycles. The van der Waals surface area contributed by atoms with E-state index in [0.717, 1.165) is 12.2 Å². The zero-order valence-corrected chi connectivity index (χ0v) is 13.6. The third-order valence-corrected chi connectivity index (χ3v) is 4.15. The second-order valence-corrected chi connectivity index (χ2v) is 5.73. The fraction of sp³-hybridized carbons (Fsp3) is 0.600. The molecule has 126 valence electrons. The number of hydrogen-bond acceptors (Lipinski definition) is 4. The third-order valence-electron chi connectivity index (χ3n) is 4.15. The van der Waals surface area contributed by atoms with Gasteiger partial charge in [-0.15, -0.1) is 0 Å². The van der Waals surface area contributed by atoms with Gasteiger partial charge in [0.15, 0.2) is 0 Å². The summed E-state index contributed by atoms with van der Waals surface area (Å²) >= 11 is 0. The van der Waals surface area contributed by atoms with Gasteiger partial charge in [0.25, 0.3) is 0 Å². The number of amides is 3. The molecular formula is C15H23N5O3. The number of rotatable bonds is 4. The van der Waals surface area contributed by atoms with Crippen LogP contribution in [0.15, 0.2) is 12.4 Å². The molecule has 1 atom stereocenters. The van der Waals surface area contributed by atoms with Crippen LogP contribution in [-0.4, -0.2) is 63.3 Å². The summed E-state index contributed by atoms with van der Waals surface area (Å²) in [6, 6.07) is 0. The molecule has 0 aromatic carbocycles. The van der Waals surface area contributed by atoms with E-state index in [1.54, 1.807) is 26.8 Å². The Labute approximate surface area is 135 Å². The van der Waals surface area contributed by atoms with Crippen LogP contribution >= 0.6 is 0 Å². The fourth-order valence-corrected chi connectivity index (χ4v) is 2.75. The molecule has 1 aliphatic heterocycles. The summed E-state index contributed by atoms with van der Waals surface area (Å²) in [5.41, 5.74) is 5.41. The van der Waals surface area contributed by atoms with Gasteiger partial charge in [-0.1, -0.05) is 6.92 Å². The predicted molar refractivity (Wildman–Crippen MR) is 83.1 cm³/mol. The van der Waals surface area contributed by atoms with E-state index in [1.165, 1.54) is 6.92 Å². The van der Waals surface area contributed by atoms with Gasteiger partial charge in [0.05, 0.1) is 5.92 Å². The van der Waals surface area contributed by atoms with E-state index in [9.17, 15) is 14.4 Å². The molecule has 2 heterocycles. The maximum Gasteiger partial charge on any atom is 0.242 e. The molecule has 0 spiro atoms. The normalized spacial score (nSPS) is 18.6. The molecule has 1 aromatic heterocycles. The van der Waals surface area contributed by atoms with E-state index in [1.807, 2.05) is 6.92 Å². The van der Waals surface area contributed by atoms with Crippen LogP contribution in [0.2, 0.25) is 0 Å². The minimum Gasteiger partial charge on any atom is -0.369 e. The number of hydrogen-bond donors (Lipinski definition) is 1. The summed E-state index contributed by atoms with van der Waals surface area (Å²) < 4.78 is 1.80. The summed E-state index contributed by atoms with van der Waals surface area (Å²) in [6.45, 7) is 4.92. The summed E-state index contributed by atoms with van der Waals surface area (Å²) in [5, 5.41) is 0. The Morgan fingerprint density at radius 3 is 2.52 bits per heavy atom. The Morgan fingerprint density at radius 2 is 1.91 bits per heavy atom. The van der Waals surface area contributed by atoms with Crippen LogP contribution in [0.5, 0.6) is 0 Å². The van der Waals surface area contributed by atoms with Crippen LogP contribution in [0, 0.1) is 5.92 Å². The number of nitrogens with zero attached hydrogens (tertiary/aromatic N) is 4. The SMILES string of the molecule is CCc1nccn1CC(=O)N1CCN(C(C)=O)C[C@H](C(N)=O)C1. The second kappa shape index (κ2) is 7.26. The van der Waals surface area contributed by atoms with Gasteiger partial charge in [-0.2, -0.15) is 0 Å². The van der Waals surface area contributed by atoms with E-state index in [4.69, 9.17) is 5.73 Å². The Hall–Kier alpha value is -2.38. The lowest BCUT2D eigenvalue weighted by Crippen LogP contribution is -2.41. The highest BCUT2D eigenvalue weighted by molar-refractivity contribution is 5.81. The standard InChI is InChI=1S/C15H23N5O3/c1-3-13-17-4-5-19(13)10-14(22)20-7-6-18(11(2)21)8-12(9-20)15(16)23/h4-5,12H,3,6-10H2,1-2H3,(H2,16,23)/t12-/m0/s1. The van der Waals surface area contributed by atoms with Gasteiger partial charge in [-0.3, -0.25) is 14.4 Å². The lowest BCUT2D eigenvalue weighted by Gasteiger charge is -2.23. The van der Waals surface area contributed by atoms with Gasteiger partial charge in [-0.25, -0.2) is 4.98 Å². The Kier molecular flexibility index (Phi) is 5.36. The zero-order chi connectivity index (χ0) is 17.0. The molecule has 2 N–H and O–H groups in total. The molecule has 0 unspecified atom stereocenters. The fourth-order valence-electron chi connectivity index (χ4n) is 2.75. The molecule has 1 saturated heterocycles. The topological polar surface area (TPSA) is 102 Å². The first-order valence-electron chi connectivity index (χ1n) is 7.75. The van der Waals surface area contributed by atoms with Crippen molar-refractivity contribution in [2.45, 2.75) is 26.8 Å². The third kappa shape index (κ3) is 4.08. The predicted octanol–water partition coefficient (Wildman–Crippen LogP) is -0.762. The molecule has 3 amide bonds. The summed E-state index contributed by atoms with van der Waals surface area (Å²) in [6.07, 6.45) is 4.17. The van der Waals surface area contributed by atoms with Crippen molar-refractivity contribution in [3.05, 3.63) is 18.2 Å². The Bertz CT molecular complexity index is 598. The van der Waals surface area contributed by atoms with Crippen LogP contribution in [0.3, 0.4) is 0 Å². The van der Waals surface area contributed by atoms with E-state index in [2.05, 4.69) is 4.98 Å². The van der Waals surface area contributed by atoms with E-state index >= 15 is 0 Å². The van der Waals surface area contributed by atoms with Crippen molar-refractivity contribution in [3.63, 3.8) is 0 Å². The minimum absolute atomic E-state index is 0.102. The van der Waals surface area contributed by atoms with Crippen LogP contribution < -0.4 is 5.73 Å². The van der Waals surface area contributed by atoms with Crippen LogP contribution in [0.4, 0.5) is 0 Å². The molecule has 0 saturated carbocycles. The average Bonchev–Trinajstić information content (AvgIpc) is 2.81. The summed E-state index contributed by atoms with van der Waals surface area (Å²) in [5.74, 6) is -0.417. The average molecular weight is 321 g/mol. The number of carbonyl (C=O) groups is 3. The van der Waals surface area contributed by atoms with Crippen molar-refractivity contribution in [1.29, 1.82) is 0 Å². The monoisotopic (exact) mass is 321 g/mol. The van der Waals surface area contributed by atoms with Crippen LogP contribution in [0.1, 0.15) is 19.7 Å². The highest BCUT2D eigenvalue weighted by Gasteiger charge is 2.29. The first-order valence-corrected chi connectivity index (χ1v) is 7.75. The highest BCUT2D eigenvalue weighted by Crippen LogP contribution is 2.11. The summed E-state index contributed by atoms with van der Waals surface area (Å²) in [4.78, 5) is 43.1. The number of primary amides is 1. The number of nitrogens with two attached hydrogens (primary N) is 1. The van der Waals surface area contributed by atoms with Gasteiger partial charge in [0.2, 0.25) is 17.7 Å². The number of carbonyl (C=O) groups excluding carboxylic acids is 3. The molecule has 0 bridgehead atoms. The molecule has 23 heavy (non-hydrogen) atoms. The van der Waals surface area contributed by atoms with E-state index in [0.29, 0.717) is 13.1 Å². The molecule has 1 fully saturated rings. The molecule has 8 heteroatoms. The van der Waals surface area contributed by atoms with Gasteiger partial charge in [-0.05, 0) is 0 Å². The minimum atomic E-state index is -0.543. The second-order valence-electron chi connectivity index (χ2n) is 5.73. The Morgan fingerprint density at radius 1 is 1.26 bits per heavy atom. The highest BCUT2D eigenvalue weighted by atomic mass is 16.2. The van der Waals surface area contributed by atoms with Crippen molar-refractivity contribution in [2.75, 3.05) is 26.2 Å². The van der Waals surface area contributed by atoms with Crippen molar-refractivity contribution in [1.82, 2.24) is 19.4 Å². The Balaban J connectivity index is 2.09. The molecule has 2 rings (SSSR count). The maximum atomic E-state index is 12.6. The largest absolute Gasteiger partial charge is 0.369 e. The van der Waals surface area contributed by atoms with Crippen LogP contribution in [0.25, 0.3) is 0 Å². The summed E-state index contributed by atoms with van der Waals surface area (Å²) in [7, 11) is 0. The lowest BCUT2D eigenvalue weighted by molar-refractivity contribution is -0.133. The van der Waals surface area contributed by atoms with Crippen LogP contribution in [-0.2, 0) is 27.3 Å². The zero-order valence-electron chi connectivity index (χ0n) is 13.6. The maximum absolute atomic E-state index is 12.6. The van der Waals surface area contributed by atoms with E-state index in [-0.39, 0.29) is 31.4 Å². The quantitative estimate of drug-likeness (QED) is 0.787. The first kappa shape index (κ1) is 17.0. The van der Waals surface area contributed by atoms with Crippen molar-refractivity contribution in [3.8, 4) is 0 Å². The number of aryl methyl sites for hydroxylation is 1. The van der Waals surface area contributed by atoms with Gasteiger partial charge in [0, 0.05) is 51.9 Å². The smallest absolute Gasteiger partial charge is 0.242 e. The number of aromatic nitrogens is 2. The van der Waals surface area contributed by atoms with Gasteiger partial charge < -0.3 is 20.1 Å². The van der Waals surface area contributed by atoms with Crippen molar-refractivity contribution in [2.24, 2.45) is 11.7 Å². The molecular weight excluding hydrogens is 298 g/mol. The van der Waals surface area contributed by atoms with Crippen molar-refractivity contribution >= 4 is 17.7 Å². The van der Waals surface area contributed by atoms with E-state index < -0.39 is 11.8 Å².